The highest BCUT2D eigenvalue weighted by Crippen LogP contribution is 2.26. The molecule has 0 saturated carbocycles. The molecule has 0 atom stereocenters. The summed E-state index contributed by atoms with van der Waals surface area (Å²) in [6, 6.07) is 5.52. The fraction of sp³-hybridized carbons (Fsp3) is 0.250. The van der Waals surface area contributed by atoms with Crippen molar-refractivity contribution in [3.05, 3.63) is 46.5 Å². The van der Waals surface area contributed by atoms with Gasteiger partial charge in [-0.25, -0.2) is 4.98 Å². The van der Waals surface area contributed by atoms with Gasteiger partial charge in [-0.1, -0.05) is 6.07 Å². The zero-order valence-electron chi connectivity index (χ0n) is 9.43. The molecule has 0 radical (unpaired) electrons. The first-order valence-electron chi connectivity index (χ1n) is 5.18. The Labute approximate surface area is 108 Å². The molecular weight excluding hydrogens is 284 g/mol. The smallest absolute Gasteiger partial charge is 0.134 e. The third-order valence-electron chi connectivity index (χ3n) is 2.47. The van der Waals surface area contributed by atoms with Gasteiger partial charge in [0.05, 0.1) is 29.3 Å². The van der Waals surface area contributed by atoms with E-state index in [1.807, 2.05) is 29.8 Å². The molecule has 0 aliphatic heterocycles. The van der Waals surface area contributed by atoms with Gasteiger partial charge < -0.3 is 14.4 Å². The number of ether oxygens (including phenoxy) is 1. The highest BCUT2D eigenvalue weighted by atomic mass is 79.9. The molecule has 0 aliphatic carbocycles. The number of benzene rings is 1. The second-order valence-corrected chi connectivity index (χ2v) is 4.56. The first-order valence-corrected chi connectivity index (χ1v) is 5.97. The minimum atomic E-state index is 0.0284. The molecule has 0 amide bonds. The van der Waals surface area contributed by atoms with Gasteiger partial charge in [-0.05, 0) is 33.6 Å². The lowest BCUT2D eigenvalue weighted by Crippen LogP contribution is -2.01. The molecule has 1 aromatic heterocycles. The van der Waals surface area contributed by atoms with E-state index >= 15 is 0 Å². The summed E-state index contributed by atoms with van der Waals surface area (Å²) in [6.07, 6.45) is 3.51. The molecule has 17 heavy (non-hydrogen) atoms. The Morgan fingerprint density at radius 1 is 1.47 bits per heavy atom. The number of aromatic nitrogens is 2. The molecule has 0 spiro atoms. The Bertz CT molecular complexity index is 511. The number of halogens is 1. The molecule has 2 rings (SSSR count). The van der Waals surface area contributed by atoms with Gasteiger partial charge in [0.2, 0.25) is 0 Å². The monoisotopic (exact) mass is 296 g/mol. The molecule has 2 aromatic rings. The largest absolute Gasteiger partial charge is 0.486 e. The highest BCUT2D eigenvalue weighted by Gasteiger charge is 2.04. The van der Waals surface area contributed by atoms with Crippen LogP contribution in [0.15, 0.2) is 35.2 Å². The van der Waals surface area contributed by atoms with Crippen LogP contribution in [-0.2, 0) is 20.3 Å². The van der Waals surface area contributed by atoms with Crippen LogP contribution in [0.1, 0.15) is 11.3 Å². The highest BCUT2D eigenvalue weighted by molar-refractivity contribution is 9.10. The molecule has 1 N–H and O–H groups in total. The van der Waals surface area contributed by atoms with Crippen molar-refractivity contribution < 1.29 is 9.84 Å². The van der Waals surface area contributed by atoms with Crippen LogP contribution in [0.4, 0.5) is 0 Å². The third-order valence-corrected chi connectivity index (χ3v) is 3.09. The maximum absolute atomic E-state index is 9.00. The summed E-state index contributed by atoms with van der Waals surface area (Å²) in [5.41, 5.74) is 1.85. The average molecular weight is 297 g/mol. The van der Waals surface area contributed by atoms with E-state index in [1.165, 1.54) is 0 Å². The van der Waals surface area contributed by atoms with Gasteiger partial charge in [-0.3, -0.25) is 0 Å². The molecule has 0 fully saturated rings. The molecule has 0 bridgehead atoms. The molecule has 0 aliphatic rings. The lowest BCUT2D eigenvalue weighted by atomic mass is 10.2. The van der Waals surface area contributed by atoms with Crippen LogP contribution in [0.2, 0.25) is 0 Å². The third kappa shape index (κ3) is 2.87. The number of hydrogen-bond acceptors (Lipinski definition) is 3. The second-order valence-electron chi connectivity index (χ2n) is 3.71. The van der Waals surface area contributed by atoms with Crippen molar-refractivity contribution in [3.63, 3.8) is 0 Å². The Morgan fingerprint density at radius 2 is 2.29 bits per heavy atom. The van der Waals surface area contributed by atoms with E-state index in [0.717, 1.165) is 21.5 Å². The van der Waals surface area contributed by atoms with Gasteiger partial charge in [0.15, 0.2) is 0 Å². The van der Waals surface area contributed by atoms with Crippen molar-refractivity contribution in [3.8, 4) is 5.75 Å². The molecule has 0 unspecified atom stereocenters. The van der Waals surface area contributed by atoms with Gasteiger partial charge in [0.1, 0.15) is 12.4 Å². The standard InChI is InChI=1S/C12H13BrN2O2/c1-15-8-14-5-10(15)7-17-12-3-2-9(6-16)4-11(12)13/h2-5,8,16H,6-7H2,1H3. The van der Waals surface area contributed by atoms with Gasteiger partial charge in [-0.15, -0.1) is 0 Å². The van der Waals surface area contributed by atoms with Crippen molar-refractivity contribution in [1.29, 1.82) is 0 Å². The fourth-order valence-electron chi connectivity index (χ4n) is 1.44. The molecule has 4 nitrogen and oxygen atoms in total. The topological polar surface area (TPSA) is 47.3 Å². The SMILES string of the molecule is Cn1cncc1COc1ccc(CO)cc1Br. The summed E-state index contributed by atoms with van der Waals surface area (Å²) in [4.78, 5) is 4.02. The van der Waals surface area contributed by atoms with Crippen LogP contribution >= 0.6 is 15.9 Å². The number of aliphatic hydroxyl groups excluding tert-OH is 1. The van der Waals surface area contributed by atoms with Gasteiger partial charge in [0.25, 0.3) is 0 Å². The van der Waals surface area contributed by atoms with E-state index in [2.05, 4.69) is 20.9 Å². The molecule has 1 heterocycles. The minimum Gasteiger partial charge on any atom is -0.486 e. The van der Waals surface area contributed by atoms with E-state index in [4.69, 9.17) is 9.84 Å². The Balaban J connectivity index is 2.07. The summed E-state index contributed by atoms with van der Waals surface area (Å²) in [7, 11) is 1.93. The zero-order chi connectivity index (χ0) is 12.3. The summed E-state index contributed by atoms with van der Waals surface area (Å²) < 4.78 is 8.42. The van der Waals surface area contributed by atoms with E-state index in [9.17, 15) is 0 Å². The normalized spacial score (nSPS) is 10.5. The lowest BCUT2D eigenvalue weighted by molar-refractivity contribution is 0.279. The summed E-state index contributed by atoms with van der Waals surface area (Å²) in [6.45, 7) is 0.494. The Kier molecular flexibility index (Phi) is 3.81. The Hall–Kier alpha value is -1.33. The number of rotatable bonds is 4. The van der Waals surface area contributed by atoms with Gasteiger partial charge in [-0.2, -0.15) is 0 Å². The summed E-state index contributed by atoms with van der Waals surface area (Å²) in [5.74, 6) is 0.753. The first-order chi connectivity index (χ1) is 8.20. The predicted octanol–water partition coefficient (Wildman–Crippen LogP) is 2.25. The fourth-order valence-corrected chi connectivity index (χ4v) is 1.98. The number of nitrogens with zero attached hydrogens (tertiary/aromatic N) is 2. The number of aliphatic hydroxyl groups is 1. The minimum absolute atomic E-state index is 0.0284. The average Bonchev–Trinajstić information content (AvgIpc) is 2.73. The summed E-state index contributed by atoms with van der Waals surface area (Å²) >= 11 is 3.41. The van der Waals surface area contributed by atoms with Crippen molar-refractivity contribution in [2.45, 2.75) is 13.2 Å². The molecule has 0 saturated heterocycles. The van der Waals surface area contributed by atoms with E-state index < -0.39 is 0 Å². The van der Waals surface area contributed by atoms with Crippen LogP contribution in [0.3, 0.4) is 0 Å². The van der Waals surface area contributed by atoms with Crippen LogP contribution in [0.5, 0.6) is 5.75 Å². The first kappa shape index (κ1) is 12.1. The van der Waals surface area contributed by atoms with E-state index in [-0.39, 0.29) is 6.61 Å². The molecule has 5 heteroatoms. The van der Waals surface area contributed by atoms with Crippen molar-refractivity contribution in [2.24, 2.45) is 7.05 Å². The van der Waals surface area contributed by atoms with E-state index in [1.54, 1.807) is 12.5 Å². The van der Waals surface area contributed by atoms with Crippen LogP contribution in [0.25, 0.3) is 0 Å². The maximum atomic E-state index is 9.00. The molecule has 90 valence electrons. The van der Waals surface area contributed by atoms with Crippen LogP contribution in [-0.4, -0.2) is 14.7 Å². The molecule has 1 aromatic carbocycles. The van der Waals surface area contributed by atoms with Gasteiger partial charge >= 0.3 is 0 Å². The van der Waals surface area contributed by atoms with Crippen LogP contribution in [0, 0.1) is 0 Å². The van der Waals surface area contributed by atoms with Crippen molar-refractivity contribution in [1.82, 2.24) is 9.55 Å². The van der Waals surface area contributed by atoms with Gasteiger partial charge in [0, 0.05) is 7.05 Å². The Morgan fingerprint density at radius 3 is 2.88 bits per heavy atom. The van der Waals surface area contributed by atoms with Crippen LogP contribution < -0.4 is 4.74 Å². The summed E-state index contributed by atoms with van der Waals surface area (Å²) in [5, 5.41) is 9.00. The zero-order valence-corrected chi connectivity index (χ0v) is 11.0. The second kappa shape index (κ2) is 5.33. The quantitative estimate of drug-likeness (QED) is 0.941. The number of imidazole rings is 1. The number of aryl methyl sites for hydroxylation is 1. The maximum Gasteiger partial charge on any atom is 0.134 e. The lowest BCUT2D eigenvalue weighted by Gasteiger charge is -2.09. The van der Waals surface area contributed by atoms with E-state index in [0.29, 0.717) is 6.61 Å². The van der Waals surface area contributed by atoms with Crippen molar-refractivity contribution >= 4 is 15.9 Å². The predicted molar refractivity (Wildman–Crippen MR) is 67.6 cm³/mol. The molecular formula is C12H13BrN2O2. The number of hydrogen-bond donors (Lipinski definition) is 1. The van der Waals surface area contributed by atoms with Crippen molar-refractivity contribution in [2.75, 3.05) is 0 Å².